The van der Waals surface area contributed by atoms with Crippen LogP contribution in [0.2, 0.25) is 0 Å². The van der Waals surface area contributed by atoms with Gasteiger partial charge in [0.1, 0.15) is 5.82 Å². The van der Waals surface area contributed by atoms with Gasteiger partial charge in [0.15, 0.2) is 6.10 Å². The molecule has 1 aromatic carbocycles. The van der Waals surface area contributed by atoms with E-state index in [0.717, 1.165) is 6.42 Å². The molecule has 2 saturated heterocycles. The van der Waals surface area contributed by atoms with Crippen LogP contribution in [0.5, 0.6) is 0 Å². The molecule has 2 aliphatic heterocycles. The van der Waals surface area contributed by atoms with Crippen LogP contribution in [-0.4, -0.2) is 55.0 Å². The van der Waals surface area contributed by atoms with Crippen molar-refractivity contribution in [3.8, 4) is 0 Å². The Kier molecular flexibility index (Phi) is 4.98. The number of rotatable bonds is 3. The van der Waals surface area contributed by atoms with Crippen LogP contribution in [0.3, 0.4) is 0 Å². The number of amides is 3. The standard InChI is InChI=1S/C17H20FN3O4/c1-11(22)20-7-8-25-15(10-20)17(24)19-14-9-12(4-5-13(14)18)21-6-2-3-16(21)23/h4-5,9,15H,2-3,6-8,10H2,1H3,(H,19,24)/t15-/m0/s1. The second kappa shape index (κ2) is 7.18. The molecular formula is C17H20FN3O4. The topological polar surface area (TPSA) is 79.0 Å². The molecule has 0 radical (unpaired) electrons. The van der Waals surface area contributed by atoms with Gasteiger partial charge in [-0.05, 0) is 24.6 Å². The first-order valence-corrected chi connectivity index (χ1v) is 8.23. The number of morpholine rings is 1. The van der Waals surface area contributed by atoms with Crippen LogP contribution in [0.25, 0.3) is 0 Å². The van der Waals surface area contributed by atoms with Crippen LogP contribution in [0.15, 0.2) is 18.2 Å². The van der Waals surface area contributed by atoms with Gasteiger partial charge in [0.05, 0.1) is 18.8 Å². The van der Waals surface area contributed by atoms with Crippen molar-refractivity contribution < 1.29 is 23.5 Å². The average Bonchev–Trinajstić information content (AvgIpc) is 3.03. The summed E-state index contributed by atoms with van der Waals surface area (Å²) >= 11 is 0. The quantitative estimate of drug-likeness (QED) is 0.888. The summed E-state index contributed by atoms with van der Waals surface area (Å²) in [5.41, 5.74) is 0.542. The van der Waals surface area contributed by atoms with Gasteiger partial charge in [-0.25, -0.2) is 4.39 Å². The number of nitrogens with one attached hydrogen (secondary N) is 1. The summed E-state index contributed by atoms with van der Waals surface area (Å²) in [6.45, 7) is 2.82. The van der Waals surface area contributed by atoms with Crippen LogP contribution >= 0.6 is 0 Å². The Hall–Kier alpha value is -2.48. The van der Waals surface area contributed by atoms with E-state index in [1.54, 1.807) is 4.90 Å². The monoisotopic (exact) mass is 349 g/mol. The molecule has 1 aromatic rings. The molecule has 0 bridgehead atoms. The molecule has 25 heavy (non-hydrogen) atoms. The molecular weight excluding hydrogens is 329 g/mol. The van der Waals surface area contributed by atoms with Gasteiger partial charge in [0, 0.05) is 32.1 Å². The number of benzene rings is 1. The summed E-state index contributed by atoms with van der Waals surface area (Å²) in [6, 6.07) is 4.19. The van der Waals surface area contributed by atoms with Crippen molar-refractivity contribution in [3.05, 3.63) is 24.0 Å². The van der Waals surface area contributed by atoms with Crippen LogP contribution in [-0.2, 0) is 19.1 Å². The SMILES string of the molecule is CC(=O)N1CCO[C@H](C(=O)Nc2cc(N3CCCC3=O)ccc2F)C1. The fourth-order valence-electron chi connectivity index (χ4n) is 3.01. The number of hydrogen-bond donors (Lipinski definition) is 1. The minimum absolute atomic E-state index is 0.00857. The molecule has 1 N–H and O–H groups in total. The van der Waals surface area contributed by atoms with Gasteiger partial charge in [-0.2, -0.15) is 0 Å². The number of halogens is 1. The second-order valence-electron chi connectivity index (χ2n) is 6.13. The van der Waals surface area contributed by atoms with Gasteiger partial charge in [0.2, 0.25) is 11.8 Å². The highest BCUT2D eigenvalue weighted by molar-refractivity contribution is 5.98. The third-order valence-electron chi connectivity index (χ3n) is 4.40. The summed E-state index contributed by atoms with van der Waals surface area (Å²) < 4.78 is 19.4. The number of carbonyl (C=O) groups is 3. The van der Waals surface area contributed by atoms with E-state index in [9.17, 15) is 18.8 Å². The number of carbonyl (C=O) groups excluding carboxylic acids is 3. The highest BCUT2D eigenvalue weighted by atomic mass is 19.1. The molecule has 0 unspecified atom stereocenters. The van der Waals surface area contributed by atoms with Crippen molar-refractivity contribution in [2.24, 2.45) is 0 Å². The number of ether oxygens (including phenoxy) is 1. The lowest BCUT2D eigenvalue weighted by atomic mass is 10.2. The maximum Gasteiger partial charge on any atom is 0.255 e. The lowest BCUT2D eigenvalue weighted by Crippen LogP contribution is -2.49. The molecule has 134 valence electrons. The first-order valence-electron chi connectivity index (χ1n) is 8.23. The van der Waals surface area contributed by atoms with E-state index in [2.05, 4.69) is 5.32 Å². The predicted octanol–water partition coefficient (Wildman–Crippen LogP) is 1.14. The van der Waals surface area contributed by atoms with E-state index in [0.29, 0.717) is 25.2 Å². The van der Waals surface area contributed by atoms with E-state index in [-0.39, 0.29) is 30.7 Å². The highest BCUT2D eigenvalue weighted by Gasteiger charge is 2.29. The summed E-state index contributed by atoms with van der Waals surface area (Å²) in [7, 11) is 0. The zero-order valence-corrected chi connectivity index (χ0v) is 14.0. The Bertz CT molecular complexity index is 709. The smallest absolute Gasteiger partial charge is 0.255 e. The van der Waals surface area contributed by atoms with Gasteiger partial charge in [-0.1, -0.05) is 0 Å². The fourth-order valence-corrected chi connectivity index (χ4v) is 3.01. The van der Waals surface area contributed by atoms with E-state index in [4.69, 9.17) is 4.74 Å². The van der Waals surface area contributed by atoms with Gasteiger partial charge < -0.3 is 19.9 Å². The second-order valence-corrected chi connectivity index (χ2v) is 6.13. The first-order chi connectivity index (χ1) is 12.0. The number of nitrogens with zero attached hydrogens (tertiary/aromatic N) is 2. The minimum atomic E-state index is -0.853. The molecule has 0 saturated carbocycles. The molecule has 2 aliphatic rings. The number of hydrogen-bond acceptors (Lipinski definition) is 4. The lowest BCUT2D eigenvalue weighted by Gasteiger charge is -2.31. The van der Waals surface area contributed by atoms with E-state index in [1.165, 1.54) is 30.0 Å². The predicted molar refractivity (Wildman–Crippen MR) is 88.6 cm³/mol. The summed E-state index contributed by atoms with van der Waals surface area (Å²) in [5.74, 6) is -1.27. The van der Waals surface area contributed by atoms with E-state index < -0.39 is 17.8 Å². The zero-order chi connectivity index (χ0) is 18.0. The van der Waals surface area contributed by atoms with Crippen molar-refractivity contribution in [2.75, 3.05) is 36.5 Å². The van der Waals surface area contributed by atoms with Gasteiger partial charge >= 0.3 is 0 Å². The van der Waals surface area contributed by atoms with E-state index >= 15 is 0 Å². The van der Waals surface area contributed by atoms with E-state index in [1.807, 2.05) is 0 Å². The maximum atomic E-state index is 14.1. The Morgan fingerprint density at radius 1 is 1.32 bits per heavy atom. The molecule has 8 heteroatoms. The number of anilines is 2. The Balaban J connectivity index is 1.72. The molecule has 0 aromatic heterocycles. The van der Waals surface area contributed by atoms with Gasteiger partial charge in [-0.3, -0.25) is 14.4 Å². The molecule has 2 fully saturated rings. The summed E-state index contributed by atoms with van der Waals surface area (Å²) in [5, 5.41) is 2.50. The Morgan fingerprint density at radius 2 is 2.12 bits per heavy atom. The van der Waals surface area contributed by atoms with Crippen LogP contribution < -0.4 is 10.2 Å². The molecule has 1 atom stereocenters. The summed E-state index contributed by atoms with van der Waals surface area (Å²) in [6.07, 6.45) is 0.374. The fraction of sp³-hybridized carbons (Fsp3) is 0.471. The highest BCUT2D eigenvalue weighted by Crippen LogP contribution is 2.26. The van der Waals surface area contributed by atoms with Crippen molar-refractivity contribution >= 4 is 29.1 Å². The maximum absolute atomic E-state index is 14.1. The molecule has 0 spiro atoms. The third-order valence-corrected chi connectivity index (χ3v) is 4.40. The first kappa shape index (κ1) is 17.3. The normalized spacial score (nSPS) is 20.7. The Labute approximate surface area is 144 Å². The van der Waals surface area contributed by atoms with Gasteiger partial charge in [-0.15, -0.1) is 0 Å². The summed E-state index contributed by atoms with van der Waals surface area (Å²) in [4.78, 5) is 38.7. The van der Waals surface area contributed by atoms with Gasteiger partial charge in [0.25, 0.3) is 5.91 Å². The minimum Gasteiger partial charge on any atom is -0.365 e. The van der Waals surface area contributed by atoms with Crippen LogP contribution in [0.4, 0.5) is 15.8 Å². The largest absolute Gasteiger partial charge is 0.365 e. The zero-order valence-electron chi connectivity index (χ0n) is 14.0. The van der Waals surface area contributed by atoms with Crippen molar-refractivity contribution in [1.29, 1.82) is 0 Å². The Morgan fingerprint density at radius 3 is 2.80 bits per heavy atom. The molecule has 2 heterocycles. The van der Waals surface area contributed by atoms with Crippen molar-refractivity contribution in [3.63, 3.8) is 0 Å². The molecule has 7 nitrogen and oxygen atoms in total. The molecule has 0 aliphatic carbocycles. The molecule has 3 rings (SSSR count). The lowest BCUT2D eigenvalue weighted by molar-refractivity contribution is -0.143. The van der Waals surface area contributed by atoms with Crippen LogP contribution in [0, 0.1) is 5.82 Å². The third kappa shape index (κ3) is 3.79. The molecule has 3 amide bonds. The van der Waals surface area contributed by atoms with Crippen molar-refractivity contribution in [1.82, 2.24) is 4.90 Å². The van der Waals surface area contributed by atoms with Crippen LogP contribution in [0.1, 0.15) is 19.8 Å². The van der Waals surface area contributed by atoms with Crippen molar-refractivity contribution in [2.45, 2.75) is 25.9 Å². The average molecular weight is 349 g/mol.